The lowest BCUT2D eigenvalue weighted by Gasteiger charge is -1.98. The van der Waals surface area contributed by atoms with Gasteiger partial charge in [-0.2, -0.15) is 0 Å². The molecule has 2 aromatic rings. The quantitative estimate of drug-likeness (QED) is 0.525. The SMILES string of the molecule is Nc1ccc2cc(C=O)cnc2c1. The van der Waals surface area contributed by atoms with E-state index in [1.807, 2.05) is 6.07 Å². The van der Waals surface area contributed by atoms with Crippen molar-refractivity contribution in [1.82, 2.24) is 4.98 Å². The number of carbonyl (C=O) groups is 1. The van der Waals surface area contributed by atoms with Crippen LogP contribution in [0.3, 0.4) is 0 Å². The number of benzene rings is 1. The summed E-state index contributed by atoms with van der Waals surface area (Å²) in [5, 5.41) is 0.929. The first-order valence-electron chi connectivity index (χ1n) is 3.90. The van der Waals surface area contributed by atoms with Crippen LogP contribution < -0.4 is 5.73 Å². The largest absolute Gasteiger partial charge is 0.399 e. The number of aromatic nitrogens is 1. The number of nitrogens with two attached hydrogens (primary N) is 1. The molecule has 0 radical (unpaired) electrons. The van der Waals surface area contributed by atoms with Gasteiger partial charge in [-0.3, -0.25) is 9.78 Å². The number of pyridine rings is 1. The van der Waals surface area contributed by atoms with Crippen LogP contribution in [0.1, 0.15) is 10.4 Å². The van der Waals surface area contributed by atoms with Gasteiger partial charge in [-0.15, -0.1) is 0 Å². The number of hydrogen-bond donors (Lipinski definition) is 1. The van der Waals surface area contributed by atoms with Gasteiger partial charge in [0.25, 0.3) is 0 Å². The molecule has 0 atom stereocenters. The van der Waals surface area contributed by atoms with Crippen LogP contribution in [0.25, 0.3) is 10.9 Å². The fraction of sp³-hybridized carbons (Fsp3) is 0. The van der Waals surface area contributed by atoms with Crippen LogP contribution in [0.4, 0.5) is 5.69 Å². The van der Waals surface area contributed by atoms with Crippen LogP contribution in [-0.2, 0) is 0 Å². The van der Waals surface area contributed by atoms with Gasteiger partial charge in [0.05, 0.1) is 5.52 Å². The fourth-order valence-corrected chi connectivity index (χ4v) is 1.22. The van der Waals surface area contributed by atoms with Crippen LogP contribution in [0.15, 0.2) is 30.5 Å². The molecule has 1 heterocycles. The lowest BCUT2D eigenvalue weighted by Crippen LogP contribution is -1.87. The van der Waals surface area contributed by atoms with Crippen molar-refractivity contribution in [3.63, 3.8) is 0 Å². The molecule has 64 valence electrons. The van der Waals surface area contributed by atoms with Crippen LogP contribution >= 0.6 is 0 Å². The summed E-state index contributed by atoms with van der Waals surface area (Å²) in [4.78, 5) is 14.6. The number of carbonyl (C=O) groups excluding carboxylic acids is 1. The van der Waals surface area contributed by atoms with Gasteiger partial charge in [0.1, 0.15) is 0 Å². The summed E-state index contributed by atoms with van der Waals surface area (Å²) in [7, 11) is 0. The Bertz CT molecular complexity index is 465. The van der Waals surface area contributed by atoms with E-state index < -0.39 is 0 Å². The minimum absolute atomic E-state index is 0.581. The van der Waals surface area contributed by atoms with E-state index in [-0.39, 0.29) is 0 Å². The van der Waals surface area contributed by atoms with Gasteiger partial charge < -0.3 is 5.73 Å². The highest BCUT2D eigenvalue weighted by Crippen LogP contribution is 2.15. The zero-order chi connectivity index (χ0) is 9.26. The van der Waals surface area contributed by atoms with Crippen molar-refractivity contribution in [1.29, 1.82) is 0 Å². The van der Waals surface area contributed by atoms with Crippen LogP contribution in [0.2, 0.25) is 0 Å². The van der Waals surface area contributed by atoms with E-state index in [1.165, 1.54) is 6.20 Å². The molecule has 13 heavy (non-hydrogen) atoms. The summed E-state index contributed by atoms with van der Waals surface area (Å²) in [6.07, 6.45) is 2.32. The lowest BCUT2D eigenvalue weighted by atomic mass is 10.1. The number of rotatable bonds is 1. The third-order valence-electron chi connectivity index (χ3n) is 1.87. The predicted octanol–water partition coefficient (Wildman–Crippen LogP) is 1.63. The number of nitrogen functional groups attached to an aromatic ring is 1. The van der Waals surface area contributed by atoms with Gasteiger partial charge in [0, 0.05) is 22.8 Å². The topological polar surface area (TPSA) is 56.0 Å². The second kappa shape index (κ2) is 2.86. The summed E-state index contributed by atoms with van der Waals surface area (Å²) in [5.41, 5.74) is 7.66. The molecule has 0 saturated carbocycles. The van der Waals surface area contributed by atoms with Gasteiger partial charge >= 0.3 is 0 Å². The Morgan fingerprint density at radius 2 is 2.15 bits per heavy atom. The van der Waals surface area contributed by atoms with Crippen molar-refractivity contribution in [2.24, 2.45) is 0 Å². The smallest absolute Gasteiger partial charge is 0.151 e. The van der Waals surface area contributed by atoms with Crippen molar-refractivity contribution in [3.05, 3.63) is 36.0 Å². The second-order valence-corrected chi connectivity index (χ2v) is 2.84. The Morgan fingerprint density at radius 3 is 2.92 bits per heavy atom. The van der Waals surface area contributed by atoms with Crippen molar-refractivity contribution in [2.45, 2.75) is 0 Å². The number of anilines is 1. The molecule has 0 aliphatic carbocycles. The first-order chi connectivity index (χ1) is 6.29. The summed E-state index contributed by atoms with van der Waals surface area (Å²) in [5.74, 6) is 0. The minimum atomic E-state index is 0.581. The first-order valence-corrected chi connectivity index (χ1v) is 3.90. The minimum Gasteiger partial charge on any atom is -0.399 e. The molecule has 0 aliphatic rings. The highest BCUT2D eigenvalue weighted by atomic mass is 16.1. The molecule has 0 spiro atoms. The van der Waals surface area contributed by atoms with E-state index in [0.29, 0.717) is 11.3 Å². The monoisotopic (exact) mass is 172 g/mol. The summed E-state index contributed by atoms with van der Waals surface area (Å²) in [6.45, 7) is 0. The van der Waals surface area contributed by atoms with E-state index in [0.717, 1.165) is 17.2 Å². The Hall–Kier alpha value is -1.90. The molecule has 2 N–H and O–H groups in total. The molecular weight excluding hydrogens is 164 g/mol. The molecule has 0 unspecified atom stereocenters. The molecule has 2 rings (SSSR count). The van der Waals surface area contributed by atoms with Crippen LogP contribution in [0.5, 0.6) is 0 Å². The van der Waals surface area contributed by atoms with Crippen molar-refractivity contribution >= 4 is 22.9 Å². The number of hydrogen-bond acceptors (Lipinski definition) is 3. The molecule has 0 aliphatic heterocycles. The average Bonchev–Trinajstić information content (AvgIpc) is 2.17. The van der Waals surface area contributed by atoms with Gasteiger partial charge in [0.2, 0.25) is 0 Å². The van der Waals surface area contributed by atoms with E-state index in [4.69, 9.17) is 5.73 Å². The number of fused-ring (bicyclic) bond motifs is 1. The summed E-state index contributed by atoms with van der Waals surface area (Å²) >= 11 is 0. The maximum atomic E-state index is 10.5. The first kappa shape index (κ1) is 7.73. The van der Waals surface area contributed by atoms with Gasteiger partial charge in [-0.1, -0.05) is 6.07 Å². The van der Waals surface area contributed by atoms with E-state index in [2.05, 4.69) is 4.98 Å². The molecule has 1 aromatic heterocycles. The van der Waals surface area contributed by atoms with E-state index in [9.17, 15) is 4.79 Å². The molecule has 3 nitrogen and oxygen atoms in total. The molecule has 0 amide bonds. The van der Waals surface area contributed by atoms with Gasteiger partial charge in [0.15, 0.2) is 6.29 Å². The van der Waals surface area contributed by atoms with Gasteiger partial charge in [-0.05, 0) is 18.2 Å². The van der Waals surface area contributed by atoms with E-state index >= 15 is 0 Å². The van der Waals surface area contributed by atoms with Crippen LogP contribution in [0, 0.1) is 0 Å². The average molecular weight is 172 g/mol. The number of nitrogens with zero attached hydrogens (tertiary/aromatic N) is 1. The molecular formula is C10H8N2O. The summed E-state index contributed by atoms with van der Waals surface area (Å²) < 4.78 is 0. The Labute approximate surface area is 75.2 Å². The molecule has 0 bridgehead atoms. The zero-order valence-corrected chi connectivity index (χ0v) is 6.90. The number of aldehydes is 1. The maximum Gasteiger partial charge on any atom is 0.151 e. The normalized spacial score (nSPS) is 10.2. The Kier molecular flexibility index (Phi) is 1.70. The lowest BCUT2D eigenvalue weighted by molar-refractivity contribution is 0.112. The highest BCUT2D eigenvalue weighted by molar-refractivity contribution is 5.87. The molecule has 0 saturated heterocycles. The molecule has 3 heteroatoms. The molecule has 0 fully saturated rings. The van der Waals surface area contributed by atoms with Crippen LogP contribution in [-0.4, -0.2) is 11.3 Å². The predicted molar refractivity (Wildman–Crippen MR) is 51.5 cm³/mol. The van der Waals surface area contributed by atoms with Crippen molar-refractivity contribution in [2.75, 3.05) is 5.73 Å². The second-order valence-electron chi connectivity index (χ2n) is 2.84. The standard InChI is InChI=1S/C10H8N2O/c11-9-2-1-8-3-7(6-13)5-12-10(8)4-9/h1-6H,11H2. The van der Waals surface area contributed by atoms with Gasteiger partial charge in [-0.25, -0.2) is 0 Å². The van der Waals surface area contributed by atoms with E-state index in [1.54, 1.807) is 18.2 Å². The fourth-order valence-electron chi connectivity index (χ4n) is 1.22. The Balaban J connectivity index is 2.73. The van der Waals surface area contributed by atoms with Crippen molar-refractivity contribution < 1.29 is 4.79 Å². The summed E-state index contributed by atoms with van der Waals surface area (Å²) in [6, 6.07) is 7.21. The molecule has 1 aromatic carbocycles. The highest BCUT2D eigenvalue weighted by Gasteiger charge is 1.96. The van der Waals surface area contributed by atoms with Crippen molar-refractivity contribution in [3.8, 4) is 0 Å². The Morgan fingerprint density at radius 1 is 1.31 bits per heavy atom. The maximum absolute atomic E-state index is 10.5. The third-order valence-corrected chi connectivity index (χ3v) is 1.87. The zero-order valence-electron chi connectivity index (χ0n) is 6.90. The third kappa shape index (κ3) is 1.36.